The van der Waals surface area contributed by atoms with Gasteiger partial charge in [0, 0.05) is 16.5 Å². The zero-order valence-corrected chi connectivity index (χ0v) is 16.7. The Morgan fingerprint density at radius 1 is 1.21 bits per heavy atom. The van der Waals surface area contributed by atoms with E-state index < -0.39 is 16.0 Å². The lowest BCUT2D eigenvalue weighted by Gasteiger charge is -2.08. The van der Waals surface area contributed by atoms with E-state index in [-0.39, 0.29) is 22.9 Å². The molecule has 0 bridgehead atoms. The maximum atomic E-state index is 12.6. The van der Waals surface area contributed by atoms with Crippen LogP contribution in [0.1, 0.15) is 28.6 Å². The van der Waals surface area contributed by atoms with Crippen molar-refractivity contribution in [3.8, 4) is 11.3 Å². The number of anilines is 1. The van der Waals surface area contributed by atoms with Crippen LogP contribution in [-0.4, -0.2) is 26.8 Å². The lowest BCUT2D eigenvalue weighted by molar-refractivity contribution is 0.0528. The number of nitrogens with one attached hydrogen (secondary N) is 1. The van der Waals surface area contributed by atoms with Crippen LogP contribution < -0.4 is 5.32 Å². The summed E-state index contributed by atoms with van der Waals surface area (Å²) in [5, 5.41) is 5.21. The molecule has 1 aromatic carbocycles. The van der Waals surface area contributed by atoms with Crippen LogP contribution >= 0.6 is 11.3 Å². The lowest BCUT2D eigenvalue weighted by Crippen LogP contribution is -2.14. The number of carbonyl (C=O) groups excluding carboxylic acids is 1. The molecule has 28 heavy (non-hydrogen) atoms. The van der Waals surface area contributed by atoms with Crippen LogP contribution in [0.5, 0.6) is 0 Å². The van der Waals surface area contributed by atoms with Crippen molar-refractivity contribution in [2.75, 3.05) is 11.9 Å². The van der Waals surface area contributed by atoms with E-state index in [0.29, 0.717) is 27.6 Å². The van der Waals surface area contributed by atoms with Crippen molar-refractivity contribution < 1.29 is 22.4 Å². The van der Waals surface area contributed by atoms with Gasteiger partial charge in [-0.25, -0.2) is 4.79 Å². The Bertz CT molecular complexity index is 1200. The molecule has 0 fully saturated rings. The van der Waals surface area contributed by atoms with Gasteiger partial charge in [-0.05, 0) is 38.1 Å². The summed E-state index contributed by atoms with van der Waals surface area (Å²) in [6.45, 7) is 3.75. The van der Waals surface area contributed by atoms with Crippen molar-refractivity contribution in [2.45, 2.75) is 18.7 Å². The van der Waals surface area contributed by atoms with Crippen molar-refractivity contribution in [1.29, 1.82) is 0 Å². The van der Waals surface area contributed by atoms with E-state index in [1.165, 1.54) is 17.4 Å². The Hall–Kier alpha value is -2.91. The SMILES string of the molecule is CCOC(=O)c1c(-c2ccc(C)o2)csc1NC1=NS(=O)(=O)c2ccccc21. The molecule has 9 heteroatoms. The number of aryl methyl sites for hydroxylation is 1. The minimum Gasteiger partial charge on any atom is -0.462 e. The number of hydrogen-bond acceptors (Lipinski definition) is 7. The molecule has 1 aliphatic heterocycles. The minimum atomic E-state index is -3.76. The van der Waals surface area contributed by atoms with Crippen LogP contribution in [0.25, 0.3) is 11.3 Å². The highest BCUT2D eigenvalue weighted by molar-refractivity contribution is 7.90. The monoisotopic (exact) mass is 416 g/mol. The summed E-state index contributed by atoms with van der Waals surface area (Å²) >= 11 is 1.25. The van der Waals surface area contributed by atoms with Crippen LogP contribution in [-0.2, 0) is 14.8 Å². The molecule has 0 atom stereocenters. The quantitative estimate of drug-likeness (QED) is 0.644. The van der Waals surface area contributed by atoms with E-state index in [2.05, 4.69) is 9.71 Å². The zero-order chi connectivity index (χ0) is 19.9. The van der Waals surface area contributed by atoms with Crippen LogP contribution in [0.4, 0.5) is 5.00 Å². The molecule has 144 valence electrons. The van der Waals surface area contributed by atoms with Gasteiger partial charge in [-0.1, -0.05) is 12.1 Å². The predicted molar refractivity (Wildman–Crippen MR) is 107 cm³/mol. The Balaban J connectivity index is 1.79. The van der Waals surface area contributed by atoms with Crippen LogP contribution in [0.3, 0.4) is 0 Å². The third-order valence-electron chi connectivity index (χ3n) is 4.14. The highest BCUT2D eigenvalue weighted by Gasteiger charge is 2.31. The summed E-state index contributed by atoms with van der Waals surface area (Å²) in [4.78, 5) is 12.8. The molecular formula is C19H16N2O5S2. The predicted octanol–water partition coefficient (Wildman–Crippen LogP) is 4.05. The lowest BCUT2D eigenvalue weighted by atomic mass is 10.1. The Morgan fingerprint density at radius 3 is 2.71 bits per heavy atom. The smallest absolute Gasteiger partial charge is 0.341 e. The number of esters is 1. The molecule has 1 aliphatic rings. The van der Waals surface area contributed by atoms with Crippen molar-refractivity contribution in [3.05, 3.63) is 58.7 Å². The first-order chi connectivity index (χ1) is 13.4. The number of ether oxygens (including phenoxy) is 1. The first-order valence-electron chi connectivity index (χ1n) is 8.47. The van der Waals surface area contributed by atoms with Crippen molar-refractivity contribution in [1.82, 2.24) is 0 Å². The highest BCUT2D eigenvalue weighted by Crippen LogP contribution is 2.38. The Kier molecular flexibility index (Phi) is 4.56. The number of benzene rings is 1. The standard InChI is InChI=1S/C19H16N2O5S2/c1-3-25-19(22)16-13(14-9-8-11(2)26-14)10-27-18(16)20-17-12-6-4-5-7-15(12)28(23,24)21-17/h4-10H,3H2,1-2H3,(H,20,21). The molecule has 0 saturated carbocycles. The molecule has 0 radical (unpaired) electrons. The molecule has 0 saturated heterocycles. The van der Waals surface area contributed by atoms with Crippen LogP contribution in [0.15, 0.2) is 55.5 Å². The molecule has 1 N–H and O–H groups in total. The summed E-state index contributed by atoms with van der Waals surface area (Å²) in [6, 6.07) is 10.1. The summed E-state index contributed by atoms with van der Waals surface area (Å²) in [5.74, 6) is 0.896. The first-order valence-corrected chi connectivity index (χ1v) is 10.8. The number of fused-ring (bicyclic) bond motifs is 1. The molecule has 0 unspecified atom stereocenters. The highest BCUT2D eigenvalue weighted by atomic mass is 32.2. The van der Waals surface area contributed by atoms with Crippen molar-refractivity contribution >= 4 is 38.2 Å². The van der Waals surface area contributed by atoms with E-state index in [1.54, 1.807) is 42.6 Å². The second-order valence-electron chi connectivity index (χ2n) is 6.02. The van der Waals surface area contributed by atoms with E-state index in [4.69, 9.17) is 9.15 Å². The van der Waals surface area contributed by atoms with E-state index in [0.717, 1.165) is 0 Å². The Morgan fingerprint density at radius 2 is 2.00 bits per heavy atom. The third-order valence-corrected chi connectivity index (χ3v) is 6.37. The molecule has 2 aromatic heterocycles. The van der Waals surface area contributed by atoms with Gasteiger partial charge in [0.15, 0.2) is 5.84 Å². The molecule has 0 spiro atoms. The molecular weight excluding hydrogens is 400 g/mol. The van der Waals surface area contributed by atoms with Gasteiger partial charge < -0.3 is 14.5 Å². The first kappa shape index (κ1) is 18.5. The van der Waals surface area contributed by atoms with Gasteiger partial charge >= 0.3 is 5.97 Å². The number of carbonyl (C=O) groups is 1. The summed E-state index contributed by atoms with van der Waals surface area (Å²) in [7, 11) is -3.76. The summed E-state index contributed by atoms with van der Waals surface area (Å²) in [6.07, 6.45) is 0. The van der Waals surface area contributed by atoms with Gasteiger partial charge in [-0.2, -0.15) is 8.42 Å². The van der Waals surface area contributed by atoms with Crippen LogP contribution in [0, 0.1) is 6.92 Å². The second kappa shape index (κ2) is 6.92. The normalized spacial score (nSPS) is 14.4. The number of hydrogen-bond donors (Lipinski definition) is 1. The number of rotatable bonds is 4. The number of thiophene rings is 1. The molecule has 0 amide bonds. The average molecular weight is 416 g/mol. The van der Waals surface area contributed by atoms with Gasteiger partial charge in [0.1, 0.15) is 27.0 Å². The largest absolute Gasteiger partial charge is 0.462 e. The van der Waals surface area contributed by atoms with Gasteiger partial charge in [0.2, 0.25) is 0 Å². The number of nitrogens with zero attached hydrogens (tertiary/aromatic N) is 1. The maximum absolute atomic E-state index is 12.6. The number of sulfonamides is 1. The second-order valence-corrected chi connectivity index (χ2v) is 8.47. The number of furan rings is 1. The van der Waals surface area contributed by atoms with E-state index >= 15 is 0 Å². The van der Waals surface area contributed by atoms with Crippen molar-refractivity contribution in [3.63, 3.8) is 0 Å². The fraction of sp³-hybridized carbons (Fsp3) is 0.158. The van der Waals surface area contributed by atoms with Crippen molar-refractivity contribution in [2.24, 2.45) is 4.40 Å². The maximum Gasteiger partial charge on any atom is 0.341 e. The molecule has 3 aromatic rings. The van der Waals surface area contributed by atoms with Gasteiger partial charge in [0.25, 0.3) is 10.0 Å². The molecule has 7 nitrogen and oxygen atoms in total. The number of amidine groups is 1. The Labute approximate surface area is 165 Å². The fourth-order valence-electron chi connectivity index (χ4n) is 2.92. The molecule has 0 aliphatic carbocycles. The third kappa shape index (κ3) is 3.12. The summed E-state index contributed by atoms with van der Waals surface area (Å²) < 4.78 is 39.2. The topological polar surface area (TPSA) is 98.0 Å². The summed E-state index contributed by atoms with van der Waals surface area (Å²) in [5.41, 5.74) is 1.32. The fourth-order valence-corrected chi connectivity index (χ4v) is 5.03. The van der Waals surface area contributed by atoms with E-state index in [9.17, 15) is 13.2 Å². The van der Waals surface area contributed by atoms with Gasteiger partial charge in [0.05, 0.1) is 6.61 Å². The van der Waals surface area contributed by atoms with Gasteiger partial charge in [-0.15, -0.1) is 15.7 Å². The van der Waals surface area contributed by atoms with E-state index in [1.807, 2.05) is 6.92 Å². The minimum absolute atomic E-state index is 0.133. The molecule has 3 heterocycles. The zero-order valence-electron chi connectivity index (χ0n) is 15.1. The van der Waals surface area contributed by atoms with Gasteiger partial charge in [-0.3, -0.25) is 0 Å². The average Bonchev–Trinajstić information content (AvgIpc) is 3.33. The van der Waals surface area contributed by atoms with Crippen LogP contribution in [0.2, 0.25) is 0 Å². The molecule has 4 rings (SSSR count).